The predicted molar refractivity (Wildman–Crippen MR) is 104 cm³/mol. The van der Waals surface area contributed by atoms with Gasteiger partial charge in [0.1, 0.15) is 10.3 Å². The fourth-order valence-corrected chi connectivity index (χ4v) is 4.50. The van der Waals surface area contributed by atoms with E-state index in [9.17, 15) is 18.0 Å². The Morgan fingerprint density at radius 3 is 2.37 bits per heavy atom. The van der Waals surface area contributed by atoms with Crippen molar-refractivity contribution >= 4 is 38.9 Å². The van der Waals surface area contributed by atoms with Crippen LogP contribution in [0.15, 0.2) is 46.0 Å². The van der Waals surface area contributed by atoms with Crippen LogP contribution in [0.1, 0.15) is 19.4 Å². The minimum absolute atomic E-state index is 0.109. The maximum atomic E-state index is 12.3. The van der Waals surface area contributed by atoms with Gasteiger partial charge in [0.15, 0.2) is 6.61 Å². The fraction of sp³-hybridized carbons (Fsp3) is 0.333. The van der Waals surface area contributed by atoms with Crippen LogP contribution in [0.3, 0.4) is 0 Å². The van der Waals surface area contributed by atoms with E-state index in [1.54, 1.807) is 37.4 Å². The number of aryl methyl sites for hydroxylation is 1. The van der Waals surface area contributed by atoms with Crippen LogP contribution in [0.5, 0.6) is 0 Å². The largest absolute Gasteiger partial charge is 0.454 e. The van der Waals surface area contributed by atoms with Crippen LogP contribution >= 0.6 is 11.3 Å². The molecule has 9 heteroatoms. The van der Waals surface area contributed by atoms with Gasteiger partial charge in [-0.05, 0) is 36.4 Å². The highest BCUT2D eigenvalue weighted by molar-refractivity contribution is 7.91. The predicted octanol–water partition coefficient (Wildman–Crippen LogP) is 2.54. The molecule has 2 aromatic rings. The summed E-state index contributed by atoms with van der Waals surface area (Å²) in [5.74, 6) is -1.66. The van der Waals surface area contributed by atoms with Crippen molar-refractivity contribution in [1.29, 1.82) is 0 Å². The molecule has 0 radical (unpaired) electrons. The lowest BCUT2D eigenvalue weighted by Gasteiger charge is -2.20. The molecule has 1 aromatic carbocycles. The molecule has 0 bridgehead atoms. The van der Waals surface area contributed by atoms with Gasteiger partial charge in [-0.15, -0.1) is 11.3 Å². The standard InChI is InChI=1S/C18H22N2O5S2/c1-12(2)17(20-27(23,24)16-5-4-10-26-16)18(22)25-11-15(21)19-14-8-6-13(3)7-9-14/h4-10,12,17,20H,11H2,1-3H3,(H,19,21)/t17-/m1/s1. The fourth-order valence-electron chi connectivity index (χ4n) is 2.16. The number of ether oxygens (including phenoxy) is 1. The molecule has 2 rings (SSSR count). The molecule has 0 saturated carbocycles. The molecular formula is C18H22N2O5S2. The van der Waals surface area contributed by atoms with Crippen molar-refractivity contribution in [3.8, 4) is 0 Å². The third kappa shape index (κ3) is 6.16. The van der Waals surface area contributed by atoms with Crippen LogP contribution in [0.25, 0.3) is 0 Å². The number of carbonyl (C=O) groups is 2. The Hall–Kier alpha value is -2.23. The van der Waals surface area contributed by atoms with E-state index in [-0.39, 0.29) is 10.1 Å². The molecular weight excluding hydrogens is 388 g/mol. The van der Waals surface area contributed by atoms with E-state index in [0.717, 1.165) is 16.9 Å². The second kappa shape index (κ2) is 9.12. The highest BCUT2D eigenvalue weighted by Crippen LogP contribution is 2.17. The SMILES string of the molecule is Cc1ccc(NC(=O)COC(=O)[C@H](NS(=O)(=O)c2cccs2)C(C)C)cc1. The number of esters is 1. The first-order valence-corrected chi connectivity index (χ1v) is 10.6. The van der Waals surface area contributed by atoms with Gasteiger partial charge in [0.25, 0.3) is 15.9 Å². The summed E-state index contributed by atoms with van der Waals surface area (Å²) in [6.45, 7) is 4.80. The van der Waals surface area contributed by atoms with Crippen molar-refractivity contribution in [3.05, 3.63) is 47.3 Å². The van der Waals surface area contributed by atoms with Gasteiger partial charge >= 0.3 is 5.97 Å². The van der Waals surface area contributed by atoms with Gasteiger partial charge in [-0.2, -0.15) is 4.72 Å². The normalized spacial score (nSPS) is 12.6. The van der Waals surface area contributed by atoms with Crippen molar-refractivity contribution in [3.63, 3.8) is 0 Å². The van der Waals surface area contributed by atoms with Crippen LogP contribution in [0, 0.1) is 12.8 Å². The third-order valence-corrected chi connectivity index (χ3v) is 6.48. The Balaban J connectivity index is 1.94. The zero-order valence-electron chi connectivity index (χ0n) is 15.3. The van der Waals surface area contributed by atoms with Crippen molar-refractivity contribution in [2.24, 2.45) is 5.92 Å². The van der Waals surface area contributed by atoms with E-state index in [1.165, 1.54) is 6.07 Å². The van der Waals surface area contributed by atoms with Crippen LogP contribution in [-0.4, -0.2) is 32.9 Å². The van der Waals surface area contributed by atoms with Gasteiger partial charge in [-0.25, -0.2) is 8.42 Å². The smallest absolute Gasteiger partial charge is 0.324 e. The topological polar surface area (TPSA) is 102 Å². The number of hydrogen-bond acceptors (Lipinski definition) is 6. The lowest BCUT2D eigenvalue weighted by atomic mass is 10.1. The molecule has 146 valence electrons. The summed E-state index contributed by atoms with van der Waals surface area (Å²) in [7, 11) is -3.83. The molecule has 1 aromatic heterocycles. The Kier molecular flexibility index (Phi) is 7.11. The highest BCUT2D eigenvalue weighted by Gasteiger charge is 2.30. The first-order chi connectivity index (χ1) is 12.7. The molecule has 0 spiro atoms. The molecule has 0 aliphatic carbocycles. The van der Waals surface area contributed by atoms with E-state index in [1.807, 2.05) is 19.1 Å². The molecule has 0 saturated heterocycles. The van der Waals surface area contributed by atoms with E-state index in [2.05, 4.69) is 10.0 Å². The zero-order valence-corrected chi connectivity index (χ0v) is 16.9. The maximum Gasteiger partial charge on any atom is 0.324 e. The Morgan fingerprint density at radius 1 is 1.15 bits per heavy atom. The molecule has 1 atom stereocenters. The number of thiophene rings is 1. The number of benzene rings is 1. The van der Waals surface area contributed by atoms with Gasteiger partial charge in [0, 0.05) is 5.69 Å². The van der Waals surface area contributed by atoms with Crippen molar-refractivity contribution in [2.75, 3.05) is 11.9 Å². The lowest BCUT2D eigenvalue weighted by molar-refractivity contribution is -0.150. The van der Waals surface area contributed by atoms with Crippen molar-refractivity contribution < 1.29 is 22.7 Å². The van der Waals surface area contributed by atoms with Gasteiger partial charge in [0.05, 0.1) is 0 Å². The summed E-state index contributed by atoms with van der Waals surface area (Å²) in [4.78, 5) is 24.2. The van der Waals surface area contributed by atoms with Crippen molar-refractivity contribution in [1.82, 2.24) is 4.72 Å². The maximum absolute atomic E-state index is 12.3. The van der Waals surface area contributed by atoms with E-state index in [0.29, 0.717) is 5.69 Å². The number of carbonyl (C=O) groups excluding carboxylic acids is 2. The summed E-state index contributed by atoms with van der Waals surface area (Å²) >= 11 is 1.05. The van der Waals surface area contributed by atoms with Gasteiger partial charge in [-0.1, -0.05) is 37.6 Å². The van der Waals surface area contributed by atoms with Crippen LogP contribution in [0.2, 0.25) is 0 Å². The van der Waals surface area contributed by atoms with E-state index < -0.39 is 34.5 Å². The summed E-state index contributed by atoms with van der Waals surface area (Å²) in [5, 5.41) is 4.24. The average Bonchev–Trinajstić information content (AvgIpc) is 3.15. The first kappa shape index (κ1) is 21.1. The second-order valence-electron chi connectivity index (χ2n) is 6.30. The summed E-state index contributed by atoms with van der Waals surface area (Å²) in [6.07, 6.45) is 0. The summed E-state index contributed by atoms with van der Waals surface area (Å²) < 4.78 is 32.1. The minimum Gasteiger partial charge on any atom is -0.454 e. The summed E-state index contributed by atoms with van der Waals surface area (Å²) in [5.41, 5.74) is 1.64. The summed E-state index contributed by atoms with van der Waals surface area (Å²) in [6, 6.07) is 9.12. The number of nitrogens with one attached hydrogen (secondary N) is 2. The monoisotopic (exact) mass is 410 g/mol. The number of hydrogen-bond donors (Lipinski definition) is 2. The van der Waals surface area contributed by atoms with Crippen LogP contribution in [-0.2, 0) is 24.3 Å². The van der Waals surface area contributed by atoms with E-state index in [4.69, 9.17) is 4.74 Å². The zero-order chi connectivity index (χ0) is 20.0. The van der Waals surface area contributed by atoms with Crippen molar-refractivity contribution in [2.45, 2.75) is 31.0 Å². The molecule has 0 aliphatic rings. The molecule has 27 heavy (non-hydrogen) atoms. The number of rotatable bonds is 8. The van der Waals surface area contributed by atoms with Gasteiger partial charge in [0.2, 0.25) is 0 Å². The highest BCUT2D eigenvalue weighted by atomic mass is 32.2. The number of anilines is 1. The molecule has 1 heterocycles. The van der Waals surface area contributed by atoms with Crippen LogP contribution in [0.4, 0.5) is 5.69 Å². The minimum atomic E-state index is -3.83. The van der Waals surface area contributed by atoms with Gasteiger partial charge < -0.3 is 10.1 Å². The average molecular weight is 411 g/mol. The molecule has 0 fully saturated rings. The second-order valence-corrected chi connectivity index (χ2v) is 9.19. The molecule has 0 aliphatic heterocycles. The van der Waals surface area contributed by atoms with Crippen LogP contribution < -0.4 is 10.0 Å². The third-order valence-electron chi connectivity index (χ3n) is 3.64. The van der Waals surface area contributed by atoms with E-state index >= 15 is 0 Å². The molecule has 7 nitrogen and oxygen atoms in total. The molecule has 1 amide bonds. The van der Waals surface area contributed by atoms with Gasteiger partial charge in [-0.3, -0.25) is 9.59 Å². The molecule has 2 N–H and O–H groups in total. The Bertz CT molecular complexity index is 875. The first-order valence-electron chi connectivity index (χ1n) is 8.28. The number of sulfonamides is 1. The Morgan fingerprint density at radius 2 is 1.81 bits per heavy atom. The lowest BCUT2D eigenvalue weighted by Crippen LogP contribution is -2.45. The number of amides is 1. The molecule has 0 unspecified atom stereocenters. The quantitative estimate of drug-likeness (QED) is 0.651. The Labute approximate surface area is 162 Å².